The fraction of sp³-hybridized carbons (Fsp3) is 0.938. The van der Waals surface area contributed by atoms with Crippen LogP contribution in [0.15, 0.2) is 0 Å². The van der Waals surface area contributed by atoms with E-state index in [-0.39, 0.29) is 12.0 Å². The molecule has 1 amide bonds. The van der Waals surface area contributed by atoms with Gasteiger partial charge in [0.15, 0.2) is 0 Å². The van der Waals surface area contributed by atoms with Crippen LogP contribution < -0.4 is 5.32 Å². The number of aliphatic hydroxyl groups is 1. The van der Waals surface area contributed by atoms with Crippen LogP contribution in [-0.4, -0.2) is 47.7 Å². The molecule has 2 N–H and O–H groups in total. The minimum absolute atomic E-state index is 0.141. The molecule has 1 aliphatic heterocycles. The Bertz CT molecular complexity index is 309. The SMILES string of the molecule is CCCC(=O)NC[C@@H]1CCCN([C@H]2CCCC[C@H]2O)C1. The van der Waals surface area contributed by atoms with Crippen LogP contribution in [0.1, 0.15) is 58.3 Å². The number of nitrogens with one attached hydrogen (secondary N) is 1. The van der Waals surface area contributed by atoms with Gasteiger partial charge in [-0.1, -0.05) is 19.8 Å². The molecule has 2 aliphatic rings. The molecule has 4 nitrogen and oxygen atoms in total. The van der Waals surface area contributed by atoms with E-state index in [9.17, 15) is 9.90 Å². The van der Waals surface area contributed by atoms with Crippen LogP contribution in [0.5, 0.6) is 0 Å². The highest BCUT2D eigenvalue weighted by Crippen LogP contribution is 2.27. The van der Waals surface area contributed by atoms with E-state index in [4.69, 9.17) is 0 Å². The summed E-state index contributed by atoms with van der Waals surface area (Å²) in [6, 6.07) is 0.359. The van der Waals surface area contributed by atoms with Crippen molar-refractivity contribution in [2.75, 3.05) is 19.6 Å². The second kappa shape index (κ2) is 7.99. The number of amides is 1. The minimum atomic E-state index is -0.141. The predicted octanol–water partition coefficient (Wildman–Crippen LogP) is 1.92. The fourth-order valence-corrected chi connectivity index (χ4v) is 3.66. The molecular weight excluding hydrogens is 252 g/mol. The highest BCUT2D eigenvalue weighted by Gasteiger charge is 2.31. The van der Waals surface area contributed by atoms with Gasteiger partial charge >= 0.3 is 0 Å². The van der Waals surface area contributed by atoms with Gasteiger partial charge < -0.3 is 10.4 Å². The zero-order valence-corrected chi connectivity index (χ0v) is 12.8. The summed E-state index contributed by atoms with van der Waals surface area (Å²) >= 11 is 0. The van der Waals surface area contributed by atoms with E-state index in [1.54, 1.807) is 0 Å². The van der Waals surface area contributed by atoms with Crippen molar-refractivity contribution in [2.24, 2.45) is 5.92 Å². The number of hydrogen-bond donors (Lipinski definition) is 2. The molecule has 4 heteroatoms. The highest BCUT2D eigenvalue weighted by molar-refractivity contribution is 5.75. The zero-order valence-electron chi connectivity index (χ0n) is 12.8. The first kappa shape index (κ1) is 15.8. The normalized spacial score (nSPS) is 32.0. The zero-order chi connectivity index (χ0) is 14.4. The predicted molar refractivity (Wildman–Crippen MR) is 80.5 cm³/mol. The molecule has 2 fully saturated rings. The first-order chi connectivity index (χ1) is 9.70. The van der Waals surface area contributed by atoms with E-state index < -0.39 is 0 Å². The monoisotopic (exact) mass is 282 g/mol. The number of likely N-dealkylation sites (tertiary alicyclic amines) is 1. The highest BCUT2D eigenvalue weighted by atomic mass is 16.3. The van der Waals surface area contributed by atoms with Crippen molar-refractivity contribution in [3.8, 4) is 0 Å². The summed E-state index contributed by atoms with van der Waals surface area (Å²) in [6.07, 6.45) is 8.31. The summed E-state index contributed by atoms with van der Waals surface area (Å²) in [5.41, 5.74) is 0. The molecule has 0 bridgehead atoms. The Kier molecular flexibility index (Phi) is 6.30. The smallest absolute Gasteiger partial charge is 0.219 e. The summed E-state index contributed by atoms with van der Waals surface area (Å²) < 4.78 is 0. The molecule has 116 valence electrons. The lowest BCUT2D eigenvalue weighted by Crippen LogP contribution is -2.51. The molecule has 0 radical (unpaired) electrons. The molecule has 0 aromatic carbocycles. The summed E-state index contributed by atoms with van der Waals surface area (Å²) in [6.45, 7) is 4.99. The quantitative estimate of drug-likeness (QED) is 0.810. The third-order valence-electron chi connectivity index (χ3n) is 4.78. The number of aliphatic hydroxyl groups excluding tert-OH is 1. The van der Waals surface area contributed by atoms with Crippen LogP contribution in [0.2, 0.25) is 0 Å². The Morgan fingerprint density at radius 3 is 2.80 bits per heavy atom. The molecule has 3 atom stereocenters. The topological polar surface area (TPSA) is 52.6 Å². The van der Waals surface area contributed by atoms with Crippen molar-refractivity contribution in [1.29, 1.82) is 0 Å². The number of carbonyl (C=O) groups excluding carboxylic acids is 1. The van der Waals surface area contributed by atoms with Crippen LogP contribution in [0.25, 0.3) is 0 Å². The van der Waals surface area contributed by atoms with Gasteiger partial charge in [0.05, 0.1) is 6.10 Å². The van der Waals surface area contributed by atoms with E-state index in [1.165, 1.54) is 25.7 Å². The van der Waals surface area contributed by atoms with E-state index in [0.29, 0.717) is 18.4 Å². The Labute approximate surface area is 122 Å². The summed E-state index contributed by atoms with van der Waals surface area (Å²) in [7, 11) is 0. The molecule has 0 aromatic rings. The lowest BCUT2D eigenvalue weighted by atomic mass is 9.88. The van der Waals surface area contributed by atoms with Gasteiger partial charge in [0.2, 0.25) is 5.91 Å². The van der Waals surface area contributed by atoms with Crippen LogP contribution in [-0.2, 0) is 4.79 Å². The average Bonchev–Trinajstić information content (AvgIpc) is 2.46. The summed E-state index contributed by atoms with van der Waals surface area (Å²) in [5, 5.41) is 13.2. The first-order valence-electron chi connectivity index (χ1n) is 8.39. The van der Waals surface area contributed by atoms with Gasteiger partial charge in [0.1, 0.15) is 0 Å². The number of piperidine rings is 1. The largest absolute Gasteiger partial charge is 0.391 e. The van der Waals surface area contributed by atoms with Crippen LogP contribution in [0.4, 0.5) is 0 Å². The molecule has 1 aliphatic carbocycles. The Morgan fingerprint density at radius 2 is 2.05 bits per heavy atom. The molecule has 1 heterocycles. The molecule has 2 rings (SSSR count). The van der Waals surface area contributed by atoms with Gasteiger partial charge in [-0.15, -0.1) is 0 Å². The molecule has 0 spiro atoms. The summed E-state index contributed by atoms with van der Waals surface area (Å²) in [4.78, 5) is 14.0. The maximum absolute atomic E-state index is 11.6. The van der Waals surface area contributed by atoms with Crippen molar-refractivity contribution in [3.63, 3.8) is 0 Å². The van der Waals surface area contributed by atoms with Gasteiger partial charge in [-0.25, -0.2) is 0 Å². The number of carbonyl (C=O) groups is 1. The molecule has 0 aromatic heterocycles. The Morgan fingerprint density at radius 1 is 1.25 bits per heavy atom. The van der Waals surface area contributed by atoms with Crippen molar-refractivity contribution >= 4 is 5.91 Å². The number of nitrogens with zero attached hydrogens (tertiary/aromatic N) is 1. The van der Waals surface area contributed by atoms with E-state index in [0.717, 1.165) is 38.9 Å². The maximum atomic E-state index is 11.6. The maximum Gasteiger partial charge on any atom is 0.219 e. The van der Waals surface area contributed by atoms with Gasteiger partial charge in [-0.05, 0) is 44.6 Å². The minimum Gasteiger partial charge on any atom is -0.391 e. The summed E-state index contributed by atoms with van der Waals surface area (Å²) in [5.74, 6) is 0.737. The van der Waals surface area contributed by atoms with E-state index >= 15 is 0 Å². The molecule has 1 saturated carbocycles. The van der Waals surface area contributed by atoms with Crippen LogP contribution >= 0.6 is 0 Å². The second-order valence-corrected chi connectivity index (χ2v) is 6.48. The van der Waals surface area contributed by atoms with Gasteiger partial charge in [0, 0.05) is 25.6 Å². The number of rotatable bonds is 5. The van der Waals surface area contributed by atoms with E-state index in [2.05, 4.69) is 10.2 Å². The van der Waals surface area contributed by atoms with Gasteiger partial charge in [0.25, 0.3) is 0 Å². The van der Waals surface area contributed by atoms with Gasteiger partial charge in [-0.2, -0.15) is 0 Å². The molecule has 20 heavy (non-hydrogen) atoms. The third-order valence-corrected chi connectivity index (χ3v) is 4.78. The van der Waals surface area contributed by atoms with Crippen molar-refractivity contribution < 1.29 is 9.90 Å². The lowest BCUT2D eigenvalue weighted by Gasteiger charge is -2.42. The Balaban J connectivity index is 1.77. The number of hydrogen-bond acceptors (Lipinski definition) is 3. The van der Waals surface area contributed by atoms with Crippen LogP contribution in [0.3, 0.4) is 0 Å². The van der Waals surface area contributed by atoms with Crippen molar-refractivity contribution in [2.45, 2.75) is 70.4 Å². The molecule has 1 saturated heterocycles. The average molecular weight is 282 g/mol. The van der Waals surface area contributed by atoms with E-state index in [1.807, 2.05) is 6.92 Å². The van der Waals surface area contributed by atoms with Crippen LogP contribution in [0, 0.1) is 5.92 Å². The Hall–Kier alpha value is -0.610. The second-order valence-electron chi connectivity index (χ2n) is 6.48. The van der Waals surface area contributed by atoms with Crippen molar-refractivity contribution in [1.82, 2.24) is 10.2 Å². The standard InChI is InChI=1S/C16H30N2O2/c1-2-6-16(20)17-11-13-7-5-10-18(12-13)14-8-3-4-9-15(14)19/h13-15,19H,2-12H2,1H3,(H,17,20)/t13-,14-,15+/m0/s1. The molecular formula is C16H30N2O2. The third kappa shape index (κ3) is 4.45. The van der Waals surface area contributed by atoms with Gasteiger partial charge in [-0.3, -0.25) is 9.69 Å². The van der Waals surface area contributed by atoms with Crippen molar-refractivity contribution in [3.05, 3.63) is 0 Å². The fourth-order valence-electron chi connectivity index (χ4n) is 3.66. The lowest BCUT2D eigenvalue weighted by molar-refractivity contribution is -0.121. The molecule has 0 unspecified atom stereocenters. The first-order valence-corrected chi connectivity index (χ1v) is 8.39.